The Morgan fingerprint density at radius 2 is 2.07 bits per heavy atom. The number of carbonyl (C=O) groups is 2. The van der Waals surface area contributed by atoms with E-state index in [0.717, 1.165) is 18.4 Å². The lowest BCUT2D eigenvalue weighted by molar-refractivity contribution is 0.00282. The number of amides is 2. The molecule has 2 aromatic heterocycles. The summed E-state index contributed by atoms with van der Waals surface area (Å²) in [5, 5.41) is 4.26. The second kappa shape index (κ2) is 6.87. The van der Waals surface area contributed by atoms with Crippen molar-refractivity contribution in [3.05, 3.63) is 36.2 Å². The van der Waals surface area contributed by atoms with Crippen LogP contribution in [0, 0.1) is 0 Å². The van der Waals surface area contributed by atoms with E-state index in [-0.39, 0.29) is 18.0 Å². The average Bonchev–Trinajstić information content (AvgIpc) is 3.26. The number of carbonyl (C=O) groups excluding carboxylic acids is 2. The fourth-order valence-electron chi connectivity index (χ4n) is 4.21. The molecule has 2 aliphatic rings. The summed E-state index contributed by atoms with van der Waals surface area (Å²) >= 11 is 0. The van der Waals surface area contributed by atoms with Crippen LogP contribution >= 0.6 is 0 Å². The molecule has 4 rings (SSSR count). The number of pyridine rings is 1. The maximum atomic E-state index is 13.0. The van der Waals surface area contributed by atoms with E-state index in [1.165, 1.54) is 0 Å². The fourth-order valence-corrected chi connectivity index (χ4v) is 4.21. The number of fused-ring (bicyclic) bond motifs is 1. The summed E-state index contributed by atoms with van der Waals surface area (Å²) < 4.78 is 7.47. The van der Waals surface area contributed by atoms with Crippen molar-refractivity contribution in [2.45, 2.75) is 51.2 Å². The lowest BCUT2D eigenvalue weighted by Gasteiger charge is -2.37. The molecule has 2 aromatic rings. The van der Waals surface area contributed by atoms with Gasteiger partial charge in [0, 0.05) is 32.0 Å². The highest BCUT2D eigenvalue weighted by atomic mass is 16.6. The first-order valence-corrected chi connectivity index (χ1v) is 9.75. The summed E-state index contributed by atoms with van der Waals surface area (Å²) in [6.45, 7) is 5.99. The molecule has 0 N–H and O–H groups in total. The van der Waals surface area contributed by atoms with Crippen LogP contribution in [0.5, 0.6) is 0 Å². The van der Waals surface area contributed by atoms with Crippen LogP contribution in [0.1, 0.15) is 50.0 Å². The highest BCUT2D eigenvalue weighted by Crippen LogP contribution is 2.35. The normalized spacial score (nSPS) is 20.3. The van der Waals surface area contributed by atoms with Gasteiger partial charge in [0.1, 0.15) is 11.3 Å². The van der Waals surface area contributed by atoms with Crippen molar-refractivity contribution >= 4 is 17.5 Å². The van der Waals surface area contributed by atoms with Crippen LogP contribution in [0.2, 0.25) is 0 Å². The monoisotopic (exact) mass is 370 g/mol. The minimum Gasteiger partial charge on any atom is -0.441 e. The molecule has 0 aromatic carbocycles. The predicted octanol–water partition coefficient (Wildman–Crippen LogP) is 2.95. The van der Waals surface area contributed by atoms with Crippen LogP contribution in [0.3, 0.4) is 0 Å². The van der Waals surface area contributed by atoms with E-state index in [1.807, 2.05) is 28.0 Å². The SMILES string of the molecule is CCC[C@H](C)N1CC2(CCN(C(=O)c3cccc4ccnn34)CC2)OC1=O. The van der Waals surface area contributed by atoms with Gasteiger partial charge in [-0.25, -0.2) is 9.31 Å². The molecule has 2 amide bonds. The number of hydrogen-bond acceptors (Lipinski definition) is 4. The molecule has 2 saturated heterocycles. The largest absolute Gasteiger partial charge is 0.441 e. The Labute approximate surface area is 158 Å². The zero-order valence-electron chi connectivity index (χ0n) is 15.9. The van der Waals surface area contributed by atoms with Gasteiger partial charge in [-0.05, 0) is 31.5 Å². The van der Waals surface area contributed by atoms with Crippen LogP contribution in [0.25, 0.3) is 5.52 Å². The molecule has 0 saturated carbocycles. The number of rotatable bonds is 4. The Hall–Kier alpha value is -2.57. The maximum Gasteiger partial charge on any atom is 0.410 e. The third-order valence-corrected chi connectivity index (χ3v) is 5.84. The zero-order chi connectivity index (χ0) is 19.0. The van der Waals surface area contributed by atoms with E-state index in [1.54, 1.807) is 16.8 Å². The molecule has 0 aliphatic carbocycles. The topological polar surface area (TPSA) is 67.2 Å². The van der Waals surface area contributed by atoms with Crippen LogP contribution < -0.4 is 0 Å². The minimum absolute atomic E-state index is 0.0281. The van der Waals surface area contributed by atoms with Gasteiger partial charge in [0.15, 0.2) is 0 Å². The van der Waals surface area contributed by atoms with Crippen LogP contribution in [0.4, 0.5) is 4.79 Å². The van der Waals surface area contributed by atoms with Gasteiger partial charge in [-0.2, -0.15) is 5.10 Å². The van der Waals surface area contributed by atoms with Crippen molar-refractivity contribution < 1.29 is 14.3 Å². The second-order valence-electron chi connectivity index (χ2n) is 7.69. The van der Waals surface area contributed by atoms with Crippen molar-refractivity contribution in [1.29, 1.82) is 0 Å². The lowest BCUT2D eigenvalue weighted by Crippen LogP contribution is -2.49. The Morgan fingerprint density at radius 1 is 1.30 bits per heavy atom. The summed E-state index contributed by atoms with van der Waals surface area (Å²) in [6, 6.07) is 7.68. The molecular formula is C20H26N4O3. The predicted molar refractivity (Wildman–Crippen MR) is 101 cm³/mol. The molecule has 144 valence electrons. The Balaban J connectivity index is 1.44. The Morgan fingerprint density at radius 3 is 2.81 bits per heavy atom. The quantitative estimate of drug-likeness (QED) is 0.830. The van der Waals surface area contributed by atoms with E-state index in [0.29, 0.717) is 38.2 Å². The van der Waals surface area contributed by atoms with Gasteiger partial charge < -0.3 is 14.5 Å². The first-order valence-electron chi connectivity index (χ1n) is 9.75. The molecule has 2 aliphatic heterocycles. The number of likely N-dealkylation sites (tertiary alicyclic amines) is 1. The van der Waals surface area contributed by atoms with Gasteiger partial charge in [-0.3, -0.25) is 4.79 Å². The first kappa shape index (κ1) is 17.8. The van der Waals surface area contributed by atoms with Crippen molar-refractivity contribution in [2.75, 3.05) is 19.6 Å². The Kier molecular flexibility index (Phi) is 4.53. The first-order chi connectivity index (χ1) is 13.0. The third-order valence-electron chi connectivity index (χ3n) is 5.84. The number of ether oxygens (including phenoxy) is 1. The summed E-state index contributed by atoms with van der Waals surface area (Å²) in [4.78, 5) is 29.0. The van der Waals surface area contributed by atoms with E-state index in [9.17, 15) is 9.59 Å². The van der Waals surface area contributed by atoms with Crippen molar-refractivity contribution in [2.24, 2.45) is 0 Å². The highest BCUT2D eigenvalue weighted by molar-refractivity contribution is 5.93. The molecular weight excluding hydrogens is 344 g/mol. The van der Waals surface area contributed by atoms with Crippen LogP contribution in [-0.4, -0.2) is 62.7 Å². The standard InChI is InChI=1S/C20H26N4O3/c1-3-5-15(2)23-14-20(27-19(23)26)9-12-22(13-10-20)18(25)17-7-4-6-16-8-11-21-24(16)17/h4,6-8,11,15H,3,5,9-10,12-14H2,1-2H3/t15-/m0/s1. The van der Waals surface area contributed by atoms with Crippen LogP contribution in [0.15, 0.2) is 30.5 Å². The maximum absolute atomic E-state index is 13.0. The number of hydrogen-bond donors (Lipinski definition) is 0. The summed E-state index contributed by atoms with van der Waals surface area (Å²) in [5.41, 5.74) is 1.02. The number of aromatic nitrogens is 2. The molecule has 7 heteroatoms. The van der Waals surface area contributed by atoms with Gasteiger partial charge in [0.25, 0.3) is 5.91 Å². The summed E-state index contributed by atoms with van der Waals surface area (Å²) in [5.74, 6) is -0.0281. The lowest BCUT2D eigenvalue weighted by atomic mass is 9.90. The van der Waals surface area contributed by atoms with Crippen molar-refractivity contribution in [1.82, 2.24) is 19.4 Å². The van der Waals surface area contributed by atoms with Crippen molar-refractivity contribution in [3.63, 3.8) is 0 Å². The molecule has 27 heavy (non-hydrogen) atoms. The molecule has 4 heterocycles. The highest BCUT2D eigenvalue weighted by Gasteiger charge is 2.48. The van der Waals surface area contributed by atoms with E-state index >= 15 is 0 Å². The fraction of sp³-hybridized carbons (Fsp3) is 0.550. The Bertz CT molecular complexity index is 854. The number of piperidine rings is 1. The van der Waals surface area contributed by atoms with E-state index in [4.69, 9.17) is 4.74 Å². The molecule has 0 bridgehead atoms. The van der Waals surface area contributed by atoms with Crippen molar-refractivity contribution in [3.8, 4) is 0 Å². The second-order valence-corrected chi connectivity index (χ2v) is 7.69. The van der Waals surface area contributed by atoms with Gasteiger partial charge >= 0.3 is 6.09 Å². The number of nitrogens with zero attached hydrogens (tertiary/aromatic N) is 4. The molecule has 1 spiro atoms. The van der Waals surface area contributed by atoms with Gasteiger partial charge in [0.2, 0.25) is 0 Å². The third kappa shape index (κ3) is 3.15. The summed E-state index contributed by atoms with van der Waals surface area (Å²) in [6.07, 6.45) is 4.85. The molecule has 7 nitrogen and oxygen atoms in total. The molecule has 2 fully saturated rings. The zero-order valence-corrected chi connectivity index (χ0v) is 15.9. The minimum atomic E-state index is -0.451. The average molecular weight is 370 g/mol. The molecule has 0 unspecified atom stereocenters. The van der Waals surface area contributed by atoms with Crippen LogP contribution in [-0.2, 0) is 4.74 Å². The molecule has 1 atom stereocenters. The van der Waals surface area contributed by atoms with E-state index < -0.39 is 5.60 Å². The van der Waals surface area contributed by atoms with Gasteiger partial charge in [-0.15, -0.1) is 0 Å². The van der Waals surface area contributed by atoms with Gasteiger partial charge in [-0.1, -0.05) is 19.4 Å². The van der Waals surface area contributed by atoms with E-state index in [2.05, 4.69) is 18.9 Å². The van der Waals surface area contributed by atoms with Gasteiger partial charge in [0.05, 0.1) is 18.3 Å². The summed E-state index contributed by atoms with van der Waals surface area (Å²) in [7, 11) is 0. The smallest absolute Gasteiger partial charge is 0.410 e. The molecule has 0 radical (unpaired) electrons.